The van der Waals surface area contributed by atoms with Gasteiger partial charge in [0.1, 0.15) is 23.9 Å². The second-order valence-electron chi connectivity index (χ2n) is 13.9. The third-order valence-corrected chi connectivity index (χ3v) is 9.00. The molecule has 0 spiro atoms. The minimum Gasteiger partial charge on any atom is -0.462 e. The lowest BCUT2D eigenvalue weighted by Gasteiger charge is -2.45. The van der Waals surface area contributed by atoms with Crippen LogP contribution in [0, 0.1) is 29.1 Å². The number of hydrogen-bond donors (Lipinski definition) is 1. The van der Waals surface area contributed by atoms with E-state index in [0.717, 1.165) is 13.8 Å². The molecule has 12 heteroatoms. The number of Topliss-reactive ketones (excluding diaryl/α,β-unsaturated/α-hetero) is 1. The van der Waals surface area contributed by atoms with E-state index in [1.807, 2.05) is 0 Å². The van der Waals surface area contributed by atoms with Gasteiger partial charge in [0.25, 0.3) is 0 Å². The van der Waals surface area contributed by atoms with Crippen molar-refractivity contribution < 1.29 is 57.6 Å². The SMILES string of the molecule is C=C1[C@H](OC(C)=O)[C@H]2[C@@H](OC(C)=O)[C@@H](C)C[C@]2(O)[C@@H](OC(=O)c2ccccc2)[C@@H](C)C=CC(C)(C)C(=O)[C@H](OC(C)=O)[C@H]1OC(=O)C(C)C. The summed E-state index contributed by atoms with van der Waals surface area (Å²) in [6, 6.07) is 8.13. The van der Waals surface area contributed by atoms with Crippen LogP contribution in [0.4, 0.5) is 0 Å². The number of carbonyl (C=O) groups excluding carboxylic acids is 6. The average molecular weight is 685 g/mol. The summed E-state index contributed by atoms with van der Waals surface area (Å²) >= 11 is 0. The van der Waals surface area contributed by atoms with Crippen LogP contribution >= 0.6 is 0 Å². The minimum absolute atomic E-state index is 0.0995. The Morgan fingerprint density at radius 2 is 1.39 bits per heavy atom. The molecular formula is C37H48O12. The predicted molar refractivity (Wildman–Crippen MR) is 175 cm³/mol. The quantitative estimate of drug-likeness (QED) is 0.246. The van der Waals surface area contributed by atoms with Gasteiger partial charge in [-0.25, -0.2) is 4.79 Å². The molecule has 0 aromatic heterocycles. The second kappa shape index (κ2) is 15.5. The Morgan fingerprint density at radius 1 is 0.837 bits per heavy atom. The van der Waals surface area contributed by atoms with Crippen molar-refractivity contribution in [3.8, 4) is 0 Å². The number of carbonyl (C=O) groups is 6. The van der Waals surface area contributed by atoms with Gasteiger partial charge in [-0.3, -0.25) is 24.0 Å². The minimum atomic E-state index is -2.08. The van der Waals surface area contributed by atoms with Crippen molar-refractivity contribution in [3.63, 3.8) is 0 Å². The van der Waals surface area contributed by atoms with Crippen LogP contribution in [0.15, 0.2) is 54.6 Å². The molecule has 1 aromatic carbocycles. The Labute approximate surface area is 287 Å². The summed E-state index contributed by atoms with van der Waals surface area (Å²) in [4.78, 5) is 78.8. The molecule has 1 saturated carbocycles. The molecule has 0 amide bonds. The van der Waals surface area contributed by atoms with Gasteiger partial charge in [0.05, 0.1) is 17.4 Å². The third kappa shape index (κ3) is 8.83. The van der Waals surface area contributed by atoms with E-state index in [0.29, 0.717) is 0 Å². The largest absolute Gasteiger partial charge is 0.462 e. The van der Waals surface area contributed by atoms with Gasteiger partial charge in [-0.15, -0.1) is 0 Å². The number of rotatable bonds is 7. The molecule has 0 bridgehead atoms. The molecule has 1 fully saturated rings. The van der Waals surface area contributed by atoms with Crippen molar-refractivity contribution in [1.82, 2.24) is 0 Å². The number of hydrogen-bond acceptors (Lipinski definition) is 12. The fourth-order valence-corrected chi connectivity index (χ4v) is 6.64. The van der Waals surface area contributed by atoms with E-state index in [-0.39, 0.29) is 17.6 Å². The van der Waals surface area contributed by atoms with Crippen LogP contribution < -0.4 is 0 Å². The Kier molecular flexibility index (Phi) is 12.4. The summed E-state index contributed by atoms with van der Waals surface area (Å²) in [5, 5.41) is 12.9. The topological polar surface area (TPSA) is 169 Å². The summed E-state index contributed by atoms with van der Waals surface area (Å²) in [6.07, 6.45) is -4.58. The summed E-state index contributed by atoms with van der Waals surface area (Å²) in [7, 11) is 0. The van der Waals surface area contributed by atoms with Gasteiger partial charge in [-0.1, -0.05) is 64.6 Å². The van der Waals surface area contributed by atoms with Crippen LogP contribution in [0.1, 0.15) is 79.1 Å². The first-order valence-corrected chi connectivity index (χ1v) is 16.3. The first-order chi connectivity index (χ1) is 22.7. The van der Waals surface area contributed by atoms with E-state index < -0.39 is 101 Å². The highest BCUT2D eigenvalue weighted by Crippen LogP contribution is 2.51. The summed E-state index contributed by atoms with van der Waals surface area (Å²) in [6.45, 7) is 17.1. The zero-order chi connectivity index (χ0) is 37.0. The number of aliphatic hydroxyl groups is 1. The molecule has 12 nitrogen and oxygen atoms in total. The molecule has 1 aromatic rings. The molecule has 0 aliphatic heterocycles. The molecule has 268 valence electrons. The number of ether oxygens (including phenoxy) is 5. The number of fused-ring (bicyclic) bond motifs is 1. The molecule has 0 saturated heterocycles. The molecule has 3 rings (SSSR count). The molecule has 1 N–H and O–H groups in total. The first-order valence-electron chi connectivity index (χ1n) is 16.3. The lowest BCUT2D eigenvalue weighted by Crippen LogP contribution is -2.59. The normalized spacial score (nSPS) is 31.4. The van der Waals surface area contributed by atoms with Crippen LogP contribution in [0.25, 0.3) is 0 Å². The van der Waals surface area contributed by atoms with E-state index >= 15 is 0 Å². The van der Waals surface area contributed by atoms with E-state index in [2.05, 4.69) is 6.58 Å². The number of esters is 5. The molecule has 2 aliphatic rings. The van der Waals surface area contributed by atoms with Gasteiger partial charge in [0.2, 0.25) is 6.10 Å². The standard InChI is InChI=1S/C37H48O12/c1-19(2)34(42)48-30-22(5)29(46-24(7)39)27-28(45-23(6)38)21(4)18-37(27,44)33(49-35(43)26-14-12-11-13-15-26)20(3)16-17-36(9,10)32(41)31(30)47-25(8)40/h11-17,19-21,27-31,33,44H,5,18H2,1-4,6-10H3/t20-,21-,27+,28-,29-,30-,31+,33-,37+/m0/s1. The van der Waals surface area contributed by atoms with Gasteiger partial charge in [-0.05, 0) is 38.3 Å². The number of benzene rings is 1. The van der Waals surface area contributed by atoms with Crippen molar-refractivity contribution in [2.45, 2.75) is 105 Å². The second-order valence-corrected chi connectivity index (χ2v) is 13.9. The number of ketones is 1. The molecule has 0 heterocycles. The maximum absolute atomic E-state index is 14.3. The van der Waals surface area contributed by atoms with Crippen LogP contribution in [-0.4, -0.2) is 76.9 Å². The highest BCUT2D eigenvalue weighted by atomic mass is 16.6. The van der Waals surface area contributed by atoms with E-state index in [1.165, 1.54) is 13.0 Å². The Morgan fingerprint density at radius 3 is 1.92 bits per heavy atom. The van der Waals surface area contributed by atoms with Crippen molar-refractivity contribution in [1.29, 1.82) is 0 Å². The van der Waals surface area contributed by atoms with E-state index in [4.69, 9.17) is 23.7 Å². The molecule has 9 atom stereocenters. The average Bonchev–Trinajstić information content (AvgIpc) is 3.26. The maximum Gasteiger partial charge on any atom is 0.338 e. The Balaban J connectivity index is 2.42. The maximum atomic E-state index is 14.3. The van der Waals surface area contributed by atoms with Crippen molar-refractivity contribution in [2.75, 3.05) is 0 Å². The van der Waals surface area contributed by atoms with Gasteiger partial charge in [-0.2, -0.15) is 0 Å². The molecular weight excluding hydrogens is 636 g/mol. The van der Waals surface area contributed by atoms with Gasteiger partial charge in [0.15, 0.2) is 11.9 Å². The van der Waals surface area contributed by atoms with Crippen LogP contribution in [0.2, 0.25) is 0 Å². The zero-order valence-corrected chi connectivity index (χ0v) is 29.6. The van der Waals surface area contributed by atoms with Gasteiger partial charge >= 0.3 is 29.8 Å². The number of allylic oxidation sites excluding steroid dienone is 1. The highest BCUT2D eigenvalue weighted by molar-refractivity contribution is 5.93. The Bertz CT molecular complexity index is 1480. The molecule has 49 heavy (non-hydrogen) atoms. The molecule has 0 radical (unpaired) electrons. The van der Waals surface area contributed by atoms with Crippen LogP contribution in [0.5, 0.6) is 0 Å². The van der Waals surface area contributed by atoms with Crippen LogP contribution in [0.3, 0.4) is 0 Å². The highest BCUT2D eigenvalue weighted by Gasteiger charge is 2.64. The van der Waals surface area contributed by atoms with Gasteiger partial charge in [0, 0.05) is 37.7 Å². The van der Waals surface area contributed by atoms with E-state index in [9.17, 15) is 33.9 Å². The van der Waals surface area contributed by atoms with Crippen molar-refractivity contribution in [2.24, 2.45) is 29.1 Å². The summed E-state index contributed by atoms with van der Waals surface area (Å²) < 4.78 is 29.1. The predicted octanol–water partition coefficient (Wildman–Crippen LogP) is 4.32. The monoisotopic (exact) mass is 684 g/mol. The van der Waals surface area contributed by atoms with Crippen molar-refractivity contribution >= 4 is 35.6 Å². The van der Waals surface area contributed by atoms with Gasteiger partial charge < -0.3 is 28.8 Å². The lowest BCUT2D eigenvalue weighted by molar-refractivity contribution is -0.185. The molecule has 2 aliphatic carbocycles. The Hall–Kier alpha value is -4.32. The molecule has 0 unspecified atom stereocenters. The summed E-state index contributed by atoms with van der Waals surface area (Å²) in [5.41, 5.74) is -3.48. The fourth-order valence-electron chi connectivity index (χ4n) is 6.64. The zero-order valence-electron chi connectivity index (χ0n) is 29.6. The fraction of sp³-hybridized carbons (Fsp3) is 0.568. The lowest BCUT2D eigenvalue weighted by atomic mass is 9.72. The third-order valence-electron chi connectivity index (χ3n) is 9.00. The van der Waals surface area contributed by atoms with Crippen LogP contribution in [-0.2, 0) is 47.7 Å². The van der Waals surface area contributed by atoms with E-state index in [1.54, 1.807) is 78.0 Å². The summed E-state index contributed by atoms with van der Waals surface area (Å²) in [5.74, 6) is -8.11. The smallest absolute Gasteiger partial charge is 0.338 e. The van der Waals surface area contributed by atoms with Crippen molar-refractivity contribution in [3.05, 3.63) is 60.2 Å². The first kappa shape index (κ1) is 39.1.